The summed E-state index contributed by atoms with van der Waals surface area (Å²) in [7, 11) is 1.83. The van der Waals surface area contributed by atoms with Crippen molar-refractivity contribution in [3.63, 3.8) is 0 Å². The molecule has 1 aliphatic heterocycles. The zero-order valence-electron chi connectivity index (χ0n) is 22.4. The molecular weight excluding hydrogens is 528 g/mol. The van der Waals surface area contributed by atoms with Gasteiger partial charge in [-0.05, 0) is 66.9 Å². The summed E-state index contributed by atoms with van der Waals surface area (Å²) in [6.45, 7) is 1.91. The molecule has 2 atom stereocenters. The lowest BCUT2D eigenvalue weighted by atomic mass is 9.95. The third kappa shape index (κ3) is 6.96. The Bertz CT molecular complexity index is 1440. The monoisotopic (exact) mass is 560 g/mol. The topological polar surface area (TPSA) is 151 Å². The minimum Gasteiger partial charge on any atom is -0.388 e. The van der Waals surface area contributed by atoms with Crippen LogP contribution in [-0.2, 0) is 9.59 Å². The molecule has 2 amide bonds. The summed E-state index contributed by atoms with van der Waals surface area (Å²) in [4.78, 5) is 30.7. The van der Waals surface area contributed by atoms with Gasteiger partial charge in [0.25, 0.3) is 0 Å². The summed E-state index contributed by atoms with van der Waals surface area (Å²) in [5, 5.41) is 14.5. The van der Waals surface area contributed by atoms with Gasteiger partial charge < -0.3 is 21.8 Å². The van der Waals surface area contributed by atoms with Crippen LogP contribution < -0.4 is 32.6 Å². The van der Waals surface area contributed by atoms with Gasteiger partial charge in [0.15, 0.2) is 0 Å². The molecule has 1 aliphatic rings. The Morgan fingerprint density at radius 1 is 1.20 bits per heavy atom. The Kier molecular flexibility index (Phi) is 9.36. The van der Waals surface area contributed by atoms with E-state index in [1.807, 2.05) is 44.3 Å². The van der Waals surface area contributed by atoms with Crippen LogP contribution in [0, 0.1) is 5.92 Å². The van der Waals surface area contributed by atoms with Crippen molar-refractivity contribution in [1.82, 2.24) is 10.3 Å². The first-order valence-electron chi connectivity index (χ1n) is 12.9. The summed E-state index contributed by atoms with van der Waals surface area (Å²) in [6.07, 6.45) is 8.02. The highest BCUT2D eigenvalue weighted by atomic mass is 35.5. The second kappa shape index (κ2) is 13.1. The molecule has 0 radical (unpaired) electrons. The van der Waals surface area contributed by atoms with Crippen molar-refractivity contribution in [3.05, 3.63) is 77.1 Å². The number of carbonyl (C=O) groups excluding carboxylic acids is 2. The summed E-state index contributed by atoms with van der Waals surface area (Å²) in [6, 6.07) is 14.4. The largest absolute Gasteiger partial charge is 0.388 e. The van der Waals surface area contributed by atoms with E-state index in [2.05, 4.69) is 26.0 Å². The highest BCUT2D eigenvalue weighted by Gasteiger charge is 2.21. The van der Waals surface area contributed by atoms with Crippen molar-refractivity contribution in [2.24, 2.45) is 22.7 Å². The Hall–Kier alpha value is -4.41. The zero-order valence-corrected chi connectivity index (χ0v) is 23.2. The van der Waals surface area contributed by atoms with Crippen molar-refractivity contribution in [2.75, 3.05) is 22.7 Å². The van der Waals surface area contributed by atoms with Gasteiger partial charge in [-0.1, -0.05) is 31.0 Å². The van der Waals surface area contributed by atoms with Crippen molar-refractivity contribution in [2.45, 2.75) is 32.2 Å². The molecule has 0 saturated carbocycles. The average Bonchev–Trinajstić information content (AvgIpc) is 2.95. The number of amides is 2. The van der Waals surface area contributed by atoms with Crippen LogP contribution in [0.25, 0.3) is 17.2 Å². The number of aromatic nitrogens is 1. The van der Waals surface area contributed by atoms with Crippen LogP contribution in [0.1, 0.15) is 43.5 Å². The van der Waals surface area contributed by atoms with E-state index in [9.17, 15) is 9.59 Å². The van der Waals surface area contributed by atoms with Gasteiger partial charge in [-0.3, -0.25) is 19.6 Å². The van der Waals surface area contributed by atoms with E-state index in [-0.39, 0.29) is 23.8 Å². The molecule has 3 aromatic rings. The second-order valence-corrected chi connectivity index (χ2v) is 10.0. The molecule has 1 aromatic heterocycles. The fraction of sp³-hybridized carbons (Fsp3) is 0.241. The maximum absolute atomic E-state index is 13.1. The van der Waals surface area contributed by atoms with E-state index in [1.165, 1.54) is 17.4 Å². The number of nitrogens with zero attached hydrogens (tertiary/aromatic N) is 3. The first-order valence-corrected chi connectivity index (χ1v) is 13.3. The van der Waals surface area contributed by atoms with Gasteiger partial charge in [0.2, 0.25) is 11.8 Å². The Balaban J connectivity index is 1.64. The molecule has 40 heavy (non-hydrogen) atoms. The molecule has 7 N–H and O–H groups in total. The van der Waals surface area contributed by atoms with Crippen LogP contribution in [0.15, 0.2) is 65.9 Å². The summed E-state index contributed by atoms with van der Waals surface area (Å²) in [5.41, 5.74) is 5.28. The third-order valence-corrected chi connectivity index (χ3v) is 7.02. The van der Waals surface area contributed by atoms with Crippen LogP contribution in [-0.4, -0.2) is 30.2 Å². The number of fused-ring (bicyclic) bond motifs is 4. The predicted octanol–water partition coefficient (Wildman–Crippen LogP) is 4.66. The van der Waals surface area contributed by atoms with Gasteiger partial charge >= 0.3 is 0 Å². The molecule has 0 spiro atoms. The van der Waals surface area contributed by atoms with Crippen LogP contribution in [0.3, 0.4) is 0 Å². The highest BCUT2D eigenvalue weighted by Crippen LogP contribution is 2.33. The van der Waals surface area contributed by atoms with Crippen molar-refractivity contribution >= 4 is 52.9 Å². The van der Waals surface area contributed by atoms with Gasteiger partial charge in [0, 0.05) is 47.1 Å². The number of rotatable bonds is 6. The van der Waals surface area contributed by atoms with E-state index in [1.54, 1.807) is 30.5 Å². The minimum atomic E-state index is -0.360. The SMILES string of the molecule is CNc1ccc2c(c1)NC(=O)C(C)CCC[C@H](NC(=O)/C=C/c1cc(Cl)ccc1N(N)/C=N\N)c1cc-2ccn1. The summed E-state index contributed by atoms with van der Waals surface area (Å²) >= 11 is 6.18. The number of nitrogens with two attached hydrogens (primary N) is 2. The number of hydrazine groups is 1. The first-order chi connectivity index (χ1) is 19.3. The van der Waals surface area contributed by atoms with Crippen LogP contribution in [0.2, 0.25) is 5.02 Å². The molecule has 0 fully saturated rings. The Morgan fingerprint density at radius 3 is 2.80 bits per heavy atom. The maximum atomic E-state index is 13.1. The molecule has 10 nitrogen and oxygen atoms in total. The molecule has 2 aromatic carbocycles. The molecule has 4 rings (SSSR count). The molecule has 2 bridgehead atoms. The second-order valence-electron chi connectivity index (χ2n) is 9.57. The smallest absolute Gasteiger partial charge is 0.244 e. The lowest BCUT2D eigenvalue weighted by Gasteiger charge is -2.22. The fourth-order valence-electron chi connectivity index (χ4n) is 4.58. The van der Waals surface area contributed by atoms with Crippen molar-refractivity contribution < 1.29 is 9.59 Å². The molecule has 0 saturated heterocycles. The van der Waals surface area contributed by atoms with Crippen LogP contribution >= 0.6 is 11.6 Å². The van der Waals surface area contributed by atoms with Crippen LogP contribution in [0.5, 0.6) is 0 Å². The first kappa shape index (κ1) is 28.6. The fourth-order valence-corrected chi connectivity index (χ4v) is 4.76. The molecule has 11 heteroatoms. The molecule has 0 aliphatic carbocycles. The van der Waals surface area contributed by atoms with Gasteiger partial charge in [-0.15, -0.1) is 0 Å². The van der Waals surface area contributed by atoms with Gasteiger partial charge in [0.05, 0.1) is 23.1 Å². The van der Waals surface area contributed by atoms with E-state index in [0.717, 1.165) is 34.6 Å². The number of halogens is 1. The maximum Gasteiger partial charge on any atom is 0.244 e. The minimum absolute atomic E-state index is 0.0428. The van der Waals surface area contributed by atoms with E-state index in [4.69, 9.17) is 23.3 Å². The quantitative estimate of drug-likeness (QED) is 0.0967. The van der Waals surface area contributed by atoms with E-state index in [0.29, 0.717) is 29.1 Å². The van der Waals surface area contributed by atoms with Gasteiger partial charge in [0.1, 0.15) is 6.34 Å². The standard InChI is InChI=1S/C29H33ClN8O2/c1-18-4-3-5-24(36-28(39)11-6-20-14-21(30)7-10-27(20)38(32)17-35-31)26-15-19(12-13-34-26)23-9-8-22(33-2)16-25(23)37-29(18)40/h6-18,24,33H,3-5,31-32H2,1-2H3,(H,36,39)(H,37,40)/b11-6+,35-17-/t18?,24-/m0/s1. The highest BCUT2D eigenvalue weighted by molar-refractivity contribution is 6.30. The normalized spacial score (nSPS) is 17.4. The summed E-state index contributed by atoms with van der Waals surface area (Å²) in [5.74, 6) is 10.7. The van der Waals surface area contributed by atoms with Crippen molar-refractivity contribution in [1.29, 1.82) is 0 Å². The number of pyridine rings is 1. The van der Waals surface area contributed by atoms with Crippen LogP contribution in [0.4, 0.5) is 17.1 Å². The van der Waals surface area contributed by atoms with Gasteiger partial charge in [-0.2, -0.15) is 5.10 Å². The molecular formula is C29H33ClN8O2. The number of hydrogen-bond donors (Lipinski definition) is 5. The number of hydrogen-bond acceptors (Lipinski definition) is 7. The molecule has 1 unspecified atom stereocenters. The number of hydrazone groups is 1. The number of nitrogens with one attached hydrogen (secondary N) is 3. The van der Waals surface area contributed by atoms with Crippen molar-refractivity contribution in [3.8, 4) is 11.1 Å². The number of anilines is 3. The Morgan fingerprint density at radius 2 is 2.02 bits per heavy atom. The summed E-state index contributed by atoms with van der Waals surface area (Å²) < 4.78 is 0. The third-order valence-electron chi connectivity index (χ3n) is 6.78. The lowest BCUT2D eigenvalue weighted by Crippen LogP contribution is -2.30. The predicted molar refractivity (Wildman–Crippen MR) is 162 cm³/mol. The zero-order chi connectivity index (χ0) is 28.6. The lowest BCUT2D eigenvalue weighted by molar-refractivity contribution is -0.120. The molecule has 2 heterocycles. The average molecular weight is 561 g/mol. The van der Waals surface area contributed by atoms with E-state index >= 15 is 0 Å². The number of benzene rings is 2. The molecule has 208 valence electrons. The number of carbonyl (C=O) groups is 2. The van der Waals surface area contributed by atoms with E-state index < -0.39 is 0 Å². The Labute approximate surface area is 238 Å². The van der Waals surface area contributed by atoms with Gasteiger partial charge in [-0.25, -0.2) is 5.84 Å².